The molecule has 0 unspecified atom stereocenters. The minimum Gasteiger partial charge on any atom is -0.478 e. The molecule has 0 aliphatic carbocycles. The molecule has 84 valence electrons. The van der Waals surface area contributed by atoms with Crippen LogP contribution in [0.3, 0.4) is 0 Å². The van der Waals surface area contributed by atoms with Crippen molar-refractivity contribution < 1.29 is 9.90 Å². The van der Waals surface area contributed by atoms with Crippen LogP contribution in [-0.4, -0.2) is 36.4 Å². The van der Waals surface area contributed by atoms with Gasteiger partial charge in [0, 0.05) is 6.20 Å². The van der Waals surface area contributed by atoms with Crippen molar-refractivity contribution in [2.24, 2.45) is 0 Å². The predicted octanol–water partition coefficient (Wildman–Crippen LogP) is 1.24. The average molecular weight is 238 g/mol. The lowest BCUT2D eigenvalue weighted by molar-refractivity contribution is 0.0695. The van der Waals surface area contributed by atoms with E-state index in [1.54, 1.807) is 6.92 Å². The molecule has 2 aromatic heterocycles. The highest BCUT2D eigenvalue weighted by molar-refractivity contribution is 7.99. The van der Waals surface area contributed by atoms with Crippen LogP contribution in [0.5, 0.6) is 0 Å². The van der Waals surface area contributed by atoms with Crippen LogP contribution in [-0.2, 0) is 0 Å². The van der Waals surface area contributed by atoms with Gasteiger partial charge in [-0.2, -0.15) is 9.50 Å². The number of hydrogen-bond acceptors (Lipinski definition) is 5. The van der Waals surface area contributed by atoms with Gasteiger partial charge in [0.15, 0.2) is 0 Å². The lowest BCUT2D eigenvalue weighted by Crippen LogP contribution is -2.07. The molecule has 0 aromatic carbocycles. The van der Waals surface area contributed by atoms with Crippen LogP contribution in [0.4, 0.5) is 0 Å². The molecule has 0 spiro atoms. The van der Waals surface area contributed by atoms with Crippen molar-refractivity contribution in [1.82, 2.24) is 19.6 Å². The van der Waals surface area contributed by atoms with E-state index in [0.717, 1.165) is 5.75 Å². The molecular weight excluding hydrogens is 228 g/mol. The maximum atomic E-state index is 10.9. The molecule has 0 aliphatic heterocycles. The van der Waals surface area contributed by atoms with Gasteiger partial charge in [-0.1, -0.05) is 18.7 Å². The second-order valence-electron chi connectivity index (χ2n) is 3.10. The molecule has 2 rings (SSSR count). The lowest BCUT2D eigenvalue weighted by atomic mass is 10.2. The Kier molecular flexibility index (Phi) is 2.78. The highest BCUT2D eigenvalue weighted by Gasteiger charge is 2.13. The van der Waals surface area contributed by atoms with Crippen molar-refractivity contribution >= 4 is 23.5 Å². The number of carbonyl (C=O) groups is 1. The molecule has 0 saturated carbocycles. The normalized spacial score (nSPS) is 10.9. The molecule has 1 N–H and O–H groups in total. The summed E-state index contributed by atoms with van der Waals surface area (Å²) in [7, 11) is 0. The number of thioether (sulfide) groups is 1. The quantitative estimate of drug-likeness (QED) is 0.810. The summed E-state index contributed by atoms with van der Waals surface area (Å²) in [6.45, 7) is 3.69. The highest BCUT2D eigenvalue weighted by Crippen LogP contribution is 2.15. The van der Waals surface area contributed by atoms with Gasteiger partial charge in [-0.05, 0) is 12.7 Å². The molecule has 0 saturated heterocycles. The predicted molar refractivity (Wildman–Crippen MR) is 58.9 cm³/mol. The number of hydrogen-bond donors (Lipinski definition) is 1. The number of rotatable bonds is 3. The van der Waals surface area contributed by atoms with Crippen LogP contribution in [0, 0.1) is 6.92 Å². The maximum Gasteiger partial charge on any atom is 0.339 e. The van der Waals surface area contributed by atoms with E-state index in [9.17, 15) is 4.79 Å². The summed E-state index contributed by atoms with van der Waals surface area (Å²) in [6, 6.07) is 0. The number of aromatic nitrogens is 4. The zero-order valence-corrected chi connectivity index (χ0v) is 9.65. The van der Waals surface area contributed by atoms with E-state index in [0.29, 0.717) is 16.6 Å². The molecule has 6 nitrogen and oxygen atoms in total. The second kappa shape index (κ2) is 4.09. The first kappa shape index (κ1) is 10.9. The van der Waals surface area contributed by atoms with Gasteiger partial charge < -0.3 is 5.11 Å². The maximum absolute atomic E-state index is 10.9. The molecule has 7 heteroatoms. The third kappa shape index (κ3) is 1.73. The van der Waals surface area contributed by atoms with Gasteiger partial charge in [0.05, 0.1) is 11.3 Å². The number of aromatic carboxylic acids is 1. The Hall–Kier alpha value is -1.63. The summed E-state index contributed by atoms with van der Waals surface area (Å²) < 4.78 is 1.46. The second-order valence-corrected chi connectivity index (χ2v) is 4.33. The third-order valence-electron chi connectivity index (χ3n) is 2.09. The molecule has 0 atom stereocenters. The van der Waals surface area contributed by atoms with Crippen molar-refractivity contribution in [1.29, 1.82) is 0 Å². The largest absolute Gasteiger partial charge is 0.478 e. The average Bonchev–Trinajstić information content (AvgIpc) is 2.62. The van der Waals surface area contributed by atoms with E-state index < -0.39 is 5.97 Å². The van der Waals surface area contributed by atoms with E-state index in [1.165, 1.54) is 22.5 Å². The van der Waals surface area contributed by atoms with Crippen molar-refractivity contribution in [3.05, 3.63) is 17.5 Å². The number of fused-ring (bicyclic) bond motifs is 1. The summed E-state index contributed by atoms with van der Waals surface area (Å²) >= 11 is 1.49. The summed E-state index contributed by atoms with van der Waals surface area (Å²) in [6.07, 6.45) is 1.31. The van der Waals surface area contributed by atoms with Gasteiger partial charge >= 0.3 is 5.97 Å². The van der Waals surface area contributed by atoms with Gasteiger partial charge in [-0.3, -0.25) is 0 Å². The summed E-state index contributed by atoms with van der Waals surface area (Å²) in [5.74, 6) is 0.285. The first-order valence-corrected chi connectivity index (χ1v) is 5.70. The Balaban J connectivity index is 2.60. The Morgan fingerprint density at radius 3 is 3.00 bits per heavy atom. The molecule has 0 fully saturated rings. The fourth-order valence-electron chi connectivity index (χ4n) is 1.32. The summed E-state index contributed by atoms with van der Waals surface area (Å²) in [5, 5.41) is 13.7. The minimum atomic E-state index is -1.01. The topological polar surface area (TPSA) is 80.4 Å². The van der Waals surface area contributed by atoms with Gasteiger partial charge in [-0.15, -0.1) is 5.10 Å². The van der Waals surface area contributed by atoms with Crippen molar-refractivity contribution in [2.75, 3.05) is 5.75 Å². The number of carboxylic acid groups (broad SMARTS) is 1. The Morgan fingerprint density at radius 2 is 2.38 bits per heavy atom. The molecule has 2 aromatic rings. The molecule has 0 bridgehead atoms. The smallest absolute Gasteiger partial charge is 0.339 e. The Bertz CT molecular complexity index is 552. The highest BCUT2D eigenvalue weighted by atomic mass is 32.2. The number of nitrogens with zero attached hydrogens (tertiary/aromatic N) is 4. The lowest BCUT2D eigenvalue weighted by Gasteiger charge is -2.00. The first-order chi connectivity index (χ1) is 7.63. The molecule has 0 aliphatic rings. The molecule has 0 amide bonds. The van der Waals surface area contributed by atoms with Crippen molar-refractivity contribution in [3.8, 4) is 0 Å². The van der Waals surface area contributed by atoms with Crippen LogP contribution < -0.4 is 0 Å². The van der Waals surface area contributed by atoms with Crippen LogP contribution in [0.1, 0.15) is 23.0 Å². The fourth-order valence-corrected chi connectivity index (χ4v) is 1.87. The van der Waals surface area contributed by atoms with E-state index in [1.807, 2.05) is 6.92 Å². The van der Waals surface area contributed by atoms with Gasteiger partial charge in [0.25, 0.3) is 5.78 Å². The van der Waals surface area contributed by atoms with Gasteiger partial charge in [0.2, 0.25) is 5.16 Å². The molecule has 2 heterocycles. The minimum absolute atomic E-state index is 0.144. The summed E-state index contributed by atoms with van der Waals surface area (Å²) in [4.78, 5) is 19.0. The third-order valence-corrected chi connectivity index (χ3v) is 2.81. The zero-order valence-electron chi connectivity index (χ0n) is 8.84. The van der Waals surface area contributed by atoms with Crippen LogP contribution in [0.25, 0.3) is 5.78 Å². The van der Waals surface area contributed by atoms with E-state index in [4.69, 9.17) is 5.11 Å². The molecule has 16 heavy (non-hydrogen) atoms. The number of carboxylic acids is 1. The standard InChI is InChI=1S/C9H10N4O2S/c1-3-16-9-11-8-10-4-6(7(14)15)5(2)13(8)12-9/h4H,3H2,1-2H3,(H,14,15). The first-order valence-electron chi connectivity index (χ1n) is 4.72. The summed E-state index contributed by atoms with van der Waals surface area (Å²) in [5.41, 5.74) is 0.679. The monoisotopic (exact) mass is 238 g/mol. The zero-order chi connectivity index (χ0) is 11.7. The van der Waals surface area contributed by atoms with Crippen LogP contribution in [0.2, 0.25) is 0 Å². The fraction of sp³-hybridized carbons (Fsp3) is 0.333. The van der Waals surface area contributed by atoms with Crippen LogP contribution >= 0.6 is 11.8 Å². The number of aryl methyl sites for hydroxylation is 1. The van der Waals surface area contributed by atoms with E-state index in [-0.39, 0.29) is 5.56 Å². The Morgan fingerprint density at radius 1 is 1.62 bits per heavy atom. The van der Waals surface area contributed by atoms with E-state index >= 15 is 0 Å². The van der Waals surface area contributed by atoms with E-state index in [2.05, 4.69) is 15.1 Å². The van der Waals surface area contributed by atoms with Crippen molar-refractivity contribution in [2.45, 2.75) is 19.0 Å². The van der Waals surface area contributed by atoms with Gasteiger partial charge in [0.1, 0.15) is 0 Å². The molecular formula is C9H10N4O2S. The van der Waals surface area contributed by atoms with Crippen molar-refractivity contribution in [3.63, 3.8) is 0 Å². The Labute approximate surface area is 95.7 Å². The van der Waals surface area contributed by atoms with Gasteiger partial charge in [-0.25, -0.2) is 9.78 Å². The molecule has 0 radical (unpaired) electrons. The van der Waals surface area contributed by atoms with Crippen LogP contribution in [0.15, 0.2) is 11.4 Å². The SMILES string of the molecule is CCSc1nc2ncc(C(=O)O)c(C)n2n1.